The highest BCUT2D eigenvalue weighted by Gasteiger charge is 2.24. The Hall–Kier alpha value is -2.40. The number of carbonyl (C=O) groups is 2. The van der Waals surface area contributed by atoms with Crippen molar-refractivity contribution in [3.63, 3.8) is 0 Å². The first kappa shape index (κ1) is 18.9. The van der Waals surface area contributed by atoms with Gasteiger partial charge in [-0.3, -0.25) is 4.79 Å². The van der Waals surface area contributed by atoms with Crippen molar-refractivity contribution in [1.82, 2.24) is 0 Å². The normalized spacial score (nSPS) is 10.7. The summed E-state index contributed by atoms with van der Waals surface area (Å²) in [6, 6.07) is 11.4. The van der Waals surface area contributed by atoms with Crippen molar-refractivity contribution in [2.45, 2.75) is 26.7 Å². The largest absolute Gasteiger partial charge is 0.477 e. The molecule has 0 fully saturated rings. The maximum atomic E-state index is 12.6. The van der Waals surface area contributed by atoms with Gasteiger partial charge in [-0.05, 0) is 24.0 Å². The third-order valence-corrected chi connectivity index (χ3v) is 4.97. The van der Waals surface area contributed by atoms with Crippen LogP contribution in [0.4, 0.5) is 5.69 Å². The van der Waals surface area contributed by atoms with Crippen molar-refractivity contribution in [2.75, 3.05) is 11.4 Å². The average molecular weight is 357 g/mol. The molecule has 132 valence electrons. The van der Waals surface area contributed by atoms with E-state index in [0.29, 0.717) is 24.6 Å². The Labute approximate surface area is 152 Å². The van der Waals surface area contributed by atoms with Crippen LogP contribution in [0.2, 0.25) is 0 Å². The summed E-state index contributed by atoms with van der Waals surface area (Å²) in [6.45, 7) is 8.12. The minimum absolute atomic E-state index is 0.0755. The Bertz CT molecular complexity index is 750. The summed E-state index contributed by atoms with van der Waals surface area (Å²) in [5.41, 5.74) is 1.39. The Morgan fingerprint density at radius 2 is 1.96 bits per heavy atom. The summed E-state index contributed by atoms with van der Waals surface area (Å²) < 4.78 is 0. The number of carboxylic acid groups (broad SMARTS) is 1. The minimum Gasteiger partial charge on any atom is -0.477 e. The van der Waals surface area contributed by atoms with Crippen molar-refractivity contribution in [3.8, 4) is 10.4 Å². The summed E-state index contributed by atoms with van der Waals surface area (Å²) in [6.07, 6.45) is 2.78. The summed E-state index contributed by atoms with van der Waals surface area (Å²) in [5, 5.41) is 9.59. The van der Waals surface area contributed by atoms with E-state index in [-0.39, 0.29) is 10.8 Å². The summed E-state index contributed by atoms with van der Waals surface area (Å²) >= 11 is 1.19. The van der Waals surface area contributed by atoms with Crippen molar-refractivity contribution in [3.05, 3.63) is 53.9 Å². The second-order valence-electron chi connectivity index (χ2n) is 6.22. The molecule has 0 spiro atoms. The van der Waals surface area contributed by atoms with E-state index < -0.39 is 5.97 Å². The lowest BCUT2D eigenvalue weighted by molar-refractivity contribution is -0.118. The third-order valence-electron chi connectivity index (χ3n) is 3.80. The number of amides is 1. The first-order valence-electron chi connectivity index (χ1n) is 8.27. The second-order valence-corrected chi connectivity index (χ2v) is 7.27. The average Bonchev–Trinajstić information content (AvgIpc) is 3.03. The standard InChI is InChI=1S/C20H23NO3S/c1-4-12-21(18(22)11-10-14(2)3)16-13-17(25-19(16)20(23)24)15-8-6-5-7-9-15/h4-9,13-14H,1,10-12H2,2-3H3,(H,23,24). The van der Waals surface area contributed by atoms with Crippen LogP contribution >= 0.6 is 11.3 Å². The molecule has 1 heterocycles. The van der Waals surface area contributed by atoms with Gasteiger partial charge in [0.15, 0.2) is 0 Å². The van der Waals surface area contributed by atoms with Gasteiger partial charge in [0.2, 0.25) is 5.91 Å². The molecule has 4 nitrogen and oxygen atoms in total. The summed E-state index contributed by atoms with van der Waals surface area (Å²) in [4.78, 5) is 26.9. The zero-order valence-corrected chi connectivity index (χ0v) is 15.4. The van der Waals surface area contributed by atoms with E-state index in [2.05, 4.69) is 20.4 Å². The van der Waals surface area contributed by atoms with Gasteiger partial charge in [-0.15, -0.1) is 17.9 Å². The van der Waals surface area contributed by atoms with Gasteiger partial charge in [-0.1, -0.05) is 50.3 Å². The van der Waals surface area contributed by atoms with Crippen LogP contribution in [-0.4, -0.2) is 23.5 Å². The molecule has 2 rings (SSSR count). The maximum absolute atomic E-state index is 12.6. The van der Waals surface area contributed by atoms with Crippen LogP contribution in [0.5, 0.6) is 0 Å². The van der Waals surface area contributed by atoms with Crippen LogP contribution in [0.1, 0.15) is 36.4 Å². The Balaban J connectivity index is 2.42. The molecular formula is C20H23NO3S. The Morgan fingerprint density at radius 1 is 1.28 bits per heavy atom. The highest BCUT2D eigenvalue weighted by atomic mass is 32.1. The number of carboxylic acids is 1. The first-order valence-corrected chi connectivity index (χ1v) is 9.09. The smallest absolute Gasteiger partial charge is 0.348 e. The molecule has 1 aromatic carbocycles. The van der Waals surface area contributed by atoms with Crippen LogP contribution in [-0.2, 0) is 4.79 Å². The number of thiophene rings is 1. The molecule has 0 saturated heterocycles. The minimum atomic E-state index is -1.02. The lowest BCUT2D eigenvalue weighted by atomic mass is 10.1. The zero-order chi connectivity index (χ0) is 18.4. The Morgan fingerprint density at radius 3 is 2.52 bits per heavy atom. The first-order chi connectivity index (χ1) is 11.9. The van der Waals surface area contributed by atoms with Gasteiger partial charge in [0, 0.05) is 17.8 Å². The third kappa shape index (κ3) is 4.79. The van der Waals surface area contributed by atoms with Crippen LogP contribution in [0.15, 0.2) is 49.1 Å². The van der Waals surface area contributed by atoms with Gasteiger partial charge in [0.1, 0.15) is 4.88 Å². The fourth-order valence-electron chi connectivity index (χ4n) is 2.49. The molecule has 0 aliphatic rings. The highest BCUT2D eigenvalue weighted by Crippen LogP contribution is 2.37. The van der Waals surface area contributed by atoms with Crippen LogP contribution in [0.3, 0.4) is 0 Å². The van der Waals surface area contributed by atoms with Gasteiger partial charge < -0.3 is 10.0 Å². The van der Waals surface area contributed by atoms with Crippen molar-refractivity contribution >= 4 is 28.9 Å². The molecule has 25 heavy (non-hydrogen) atoms. The molecule has 1 aromatic heterocycles. The molecule has 0 unspecified atom stereocenters. The number of anilines is 1. The molecule has 0 radical (unpaired) electrons. The van der Waals surface area contributed by atoms with Gasteiger partial charge in [0.05, 0.1) is 5.69 Å². The number of hydrogen-bond donors (Lipinski definition) is 1. The van der Waals surface area contributed by atoms with Gasteiger partial charge in [0.25, 0.3) is 0 Å². The summed E-state index contributed by atoms with van der Waals surface area (Å²) in [5.74, 6) is -0.683. The van der Waals surface area contributed by atoms with E-state index >= 15 is 0 Å². The molecule has 0 atom stereocenters. The molecule has 0 saturated carbocycles. The van der Waals surface area contributed by atoms with E-state index in [1.165, 1.54) is 16.2 Å². The fraction of sp³-hybridized carbons (Fsp3) is 0.300. The lowest BCUT2D eigenvalue weighted by Crippen LogP contribution is -2.31. The maximum Gasteiger partial charge on any atom is 0.348 e. The van der Waals surface area contributed by atoms with Crippen molar-refractivity contribution < 1.29 is 14.7 Å². The Kier molecular flexibility index (Phi) is 6.53. The predicted molar refractivity (Wildman–Crippen MR) is 103 cm³/mol. The quantitative estimate of drug-likeness (QED) is 0.671. The number of nitrogens with zero attached hydrogens (tertiary/aromatic N) is 1. The molecule has 2 aromatic rings. The van der Waals surface area contributed by atoms with Crippen LogP contribution in [0.25, 0.3) is 10.4 Å². The molecule has 1 amide bonds. The lowest BCUT2D eigenvalue weighted by Gasteiger charge is -2.21. The molecule has 0 aliphatic carbocycles. The monoisotopic (exact) mass is 357 g/mol. The molecule has 1 N–H and O–H groups in total. The number of carbonyl (C=O) groups excluding carboxylic acids is 1. The van der Waals surface area contributed by atoms with E-state index in [9.17, 15) is 14.7 Å². The number of rotatable bonds is 8. The van der Waals surface area contributed by atoms with E-state index in [0.717, 1.165) is 16.9 Å². The van der Waals surface area contributed by atoms with Gasteiger partial charge in [-0.2, -0.15) is 0 Å². The number of benzene rings is 1. The van der Waals surface area contributed by atoms with E-state index in [1.807, 2.05) is 30.3 Å². The van der Waals surface area contributed by atoms with E-state index in [1.54, 1.807) is 12.1 Å². The molecule has 0 bridgehead atoms. The van der Waals surface area contributed by atoms with Gasteiger partial charge in [-0.25, -0.2) is 4.79 Å². The van der Waals surface area contributed by atoms with Crippen molar-refractivity contribution in [1.29, 1.82) is 0 Å². The van der Waals surface area contributed by atoms with Crippen LogP contribution in [0, 0.1) is 5.92 Å². The summed E-state index contributed by atoms with van der Waals surface area (Å²) in [7, 11) is 0. The molecule has 5 heteroatoms. The number of hydrogen-bond acceptors (Lipinski definition) is 3. The molecule has 0 aliphatic heterocycles. The predicted octanol–water partition coefficient (Wildman–Crippen LogP) is 5.07. The fourth-order valence-corrected chi connectivity index (χ4v) is 3.50. The van der Waals surface area contributed by atoms with Crippen LogP contribution < -0.4 is 4.90 Å². The zero-order valence-electron chi connectivity index (χ0n) is 14.6. The van der Waals surface area contributed by atoms with Gasteiger partial charge >= 0.3 is 5.97 Å². The topological polar surface area (TPSA) is 57.6 Å². The second kappa shape index (κ2) is 8.62. The molecular weight excluding hydrogens is 334 g/mol. The SMILES string of the molecule is C=CCN(C(=O)CCC(C)C)c1cc(-c2ccccc2)sc1C(=O)O. The number of aromatic carboxylic acids is 1. The van der Waals surface area contributed by atoms with Crippen molar-refractivity contribution in [2.24, 2.45) is 5.92 Å². The highest BCUT2D eigenvalue weighted by molar-refractivity contribution is 7.18. The van der Waals surface area contributed by atoms with E-state index in [4.69, 9.17) is 0 Å².